The van der Waals surface area contributed by atoms with E-state index in [0.29, 0.717) is 37.6 Å². The van der Waals surface area contributed by atoms with Crippen molar-refractivity contribution in [2.75, 3.05) is 6.54 Å². The molecule has 0 radical (unpaired) electrons. The second kappa shape index (κ2) is 7.47. The van der Waals surface area contributed by atoms with Crippen LogP contribution in [-0.2, 0) is 13.2 Å². The number of hydrogen-bond donors (Lipinski definition) is 0. The van der Waals surface area contributed by atoms with E-state index >= 15 is 0 Å². The van der Waals surface area contributed by atoms with Gasteiger partial charge < -0.3 is 0 Å². The summed E-state index contributed by atoms with van der Waals surface area (Å²) in [4.78, 5) is 16.8. The zero-order chi connectivity index (χ0) is 16.8. The second-order valence-electron chi connectivity index (χ2n) is 5.24. The third kappa shape index (κ3) is 4.11. The van der Waals surface area contributed by atoms with Crippen molar-refractivity contribution >= 4 is 5.69 Å². The van der Waals surface area contributed by atoms with E-state index in [1.165, 1.54) is 0 Å². The first kappa shape index (κ1) is 16.6. The summed E-state index contributed by atoms with van der Waals surface area (Å²) >= 11 is 0. The molecular weight excluding hydrogens is 296 g/mol. The van der Waals surface area contributed by atoms with Gasteiger partial charge in [-0.15, -0.1) is 0 Å². The molecule has 0 aliphatic carbocycles. The average molecular weight is 314 g/mol. The van der Waals surface area contributed by atoms with Crippen molar-refractivity contribution < 1.29 is 4.92 Å². The van der Waals surface area contributed by atoms with Crippen LogP contribution in [-0.4, -0.2) is 31.1 Å². The smallest absolute Gasteiger partial charge is 0.279 e. The number of hydrogen-bond acceptors (Lipinski definition) is 6. The SMILES string of the molecule is Cc1nn(CN(CCC#N)Cc2cccnc2)c(C)c1[N+](=O)[O-]. The molecule has 0 aliphatic rings. The van der Waals surface area contributed by atoms with Gasteiger partial charge in [-0.05, 0) is 25.5 Å². The maximum atomic E-state index is 11.1. The number of nitrogens with zero attached hydrogens (tertiary/aromatic N) is 6. The molecule has 0 saturated heterocycles. The molecule has 0 fully saturated rings. The number of pyridine rings is 1. The molecule has 120 valence electrons. The molecule has 23 heavy (non-hydrogen) atoms. The lowest BCUT2D eigenvalue weighted by molar-refractivity contribution is -0.386. The zero-order valence-electron chi connectivity index (χ0n) is 13.1. The molecule has 0 spiro atoms. The van der Waals surface area contributed by atoms with Crippen LogP contribution in [0.5, 0.6) is 0 Å². The summed E-state index contributed by atoms with van der Waals surface area (Å²) in [6.45, 7) is 4.85. The summed E-state index contributed by atoms with van der Waals surface area (Å²) in [7, 11) is 0. The van der Waals surface area contributed by atoms with Gasteiger partial charge in [-0.25, -0.2) is 4.68 Å². The van der Waals surface area contributed by atoms with E-state index in [1.54, 1.807) is 30.9 Å². The molecule has 0 aromatic carbocycles. The Morgan fingerprint density at radius 3 is 2.83 bits per heavy atom. The third-order valence-electron chi connectivity index (χ3n) is 3.53. The highest BCUT2D eigenvalue weighted by atomic mass is 16.6. The van der Waals surface area contributed by atoms with Crippen molar-refractivity contribution in [1.82, 2.24) is 19.7 Å². The third-order valence-corrected chi connectivity index (χ3v) is 3.53. The van der Waals surface area contributed by atoms with Crippen molar-refractivity contribution in [2.45, 2.75) is 33.5 Å². The lowest BCUT2D eigenvalue weighted by atomic mass is 10.2. The highest BCUT2D eigenvalue weighted by molar-refractivity contribution is 5.39. The van der Waals surface area contributed by atoms with Crippen LogP contribution < -0.4 is 0 Å². The monoisotopic (exact) mass is 314 g/mol. The molecule has 2 aromatic rings. The Balaban J connectivity index is 2.19. The van der Waals surface area contributed by atoms with Crippen LogP contribution >= 0.6 is 0 Å². The minimum Gasteiger partial charge on any atom is -0.279 e. The molecule has 0 amide bonds. The van der Waals surface area contributed by atoms with Gasteiger partial charge >= 0.3 is 5.69 Å². The van der Waals surface area contributed by atoms with E-state index in [4.69, 9.17) is 5.26 Å². The van der Waals surface area contributed by atoms with Gasteiger partial charge in [0.15, 0.2) is 0 Å². The Morgan fingerprint density at radius 1 is 1.48 bits per heavy atom. The summed E-state index contributed by atoms with van der Waals surface area (Å²) in [6.07, 6.45) is 3.85. The lowest BCUT2D eigenvalue weighted by Crippen LogP contribution is -2.28. The molecule has 2 aromatic heterocycles. The number of aromatic nitrogens is 3. The number of nitriles is 1. The number of nitro groups is 1. The van der Waals surface area contributed by atoms with Crippen molar-refractivity contribution in [3.63, 3.8) is 0 Å². The van der Waals surface area contributed by atoms with Gasteiger partial charge in [0.25, 0.3) is 0 Å². The van der Waals surface area contributed by atoms with E-state index in [-0.39, 0.29) is 5.69 Å². The highest BCUT2D eigenvalue weighted by Gasteiger charge is 2.22. The molecule has 0 saturated carbocycles. The van der Waals surface area contributed by atoms with Gasteiger partial charge in [0.05, 0.1) is 17.7 Å². The zero-order valence-corrected chi connectivity index (χ0v) is 13.1. The van der Waals surface area contributed by atoms with Gasteiger partial charge in [-0.3, -0.25) is 20.0 Å². The fraction of sp³-hybridized carbons (Fsp3) is 0.400. The molecule has 8 heteroatoms. The van der Waals surface area contributed by atoms with E-state index in [1.807, 2.05) is 17.0 Å². The summed E-state index contributed by atoms with van der Waals surface area (Å²) < 4.78 is 1.61. The Hall–Kier alpha value is -2.79. The maximum Gasteiger partial charge on any atom is 0.312 e. The van der Waals surface area contributed by atoms with E-state index in [9.17, 15) is 10.1 Å². The largest absolute Gasteiger partial charge is 0.312 e. The Kier molecular flexibility index (Phi) is 5.38. The molecule has 2 heterocycles. The lowest BCUT2D eigenvalue weighted by Gasteiger charge is -2.21. The van der Waals surface area contributed by atoms with E-state index in [2.05, 4.69) is 16.2 Å². The first-order valence-electron chi connectivity index (χ1n) is 7.19. The first-order chi connectivity index (χ1) is 11.0. The normalized spacial score (nSPS) is 10.7. The predicted molar refractivity (Wildman–Crippen MR) is 83.2 cm³/mol. The van der Waals surface area contributed by atoms with E-state index in [0.717, 1.165) is 5.56 Å². The van der Waals surface area contributed by atoms with Crippen molar-refractivity contribution in [3.05, 3.63) is 51.6 Å². The molecule has 0 aliphatic heterocycles. The van der Waals surface area contributed by atoms with Crippen LogP contribution in [0.15, 0.2) is 24.5 Å². The van der Waals surface area contributed by atoms with Crippen molar-refractivity contribution in [3.8, 4) is 6.07 Å². The van der Waals surface area contributed by atoms with Crippen LogP contribution in [0.1, 0.15) is 23.4 Å². The molecule has 0 unspecified atom stereocenters. The van der Waals surface area contributed by atoms with Gasteiger partial charge in [0.1, 0.15) is 11.4 Å². The fourth-order valence-electron chi connectivity index (χ4n) is 2.44. The van der Waals surface area contributed by atoms with Crippen molar-refractivity contribution in [2.24, 2.45) is 0 Å². The Bertz CT molecular complexity index is 720. The van der Waals surface area contributed by atoms with Crippen LogP contribution in [0.2, 0.25) is 0 Å². The second-order valence-corrected chi connectivity index (χ2v) is 5.24. The molecular formula is C15H18N6O2. The molecule has 0 atom stereocenters. The minimum atomic E-state index is -0.408. The van der Waals surface area contributed by atoms with E-state index < -0.39 is 4.92 Å². The predicted octanol–water partition coefficient (Wildman–Crippen LogP) is 2.18. The standard InChI is InChI=1S/C15H18N6O2/c1-12-15(21(22)23)13(2)20(18-12)11-19(8-4-6-16)10-14-5-3-7-17-9-14/h3,5,7,9H,4,8,10-11H2,1-2H3. The highest BCUT2D eigenvalue weighted by Crippen LogP contribution is 2.22. The van der Waals surface area contributed by atoms with Crippen LogP contribution in [0, 0.1) is 35.3 Å². The quantitative estimate of drug-likeness (QED) is 0.573. The van der Waals surface area contributed by atoms with Gasteiger partial charge in [-0.1, -0.05) is 6.07 Å². The molecule has 0 N–H and O–H groups in total. The average Bonchev–Trinajstić information content (AvgIpc) is 2.80. The molecule has 0 bridgehead atoms. The summed E-state index contributed by atoms with van der Waals surface area (Å²) in [5.41, 5.74) is 1.97. The molecule has 8 nitrogen and oxygen atoms in total. The minimum absolute atomic E-state index is 0.0478. The van der Waals surface area contributed by atoms with Gasteiger partial charge in [0, 0.05) is 31.9 Å². The summed E-state index contributed by atoms with van der Waals surface area (Å²) in [6, 6.07) is 5.93. The van der Waals surface area contributed by atoms with Crippen LogP contribution in [0.25, 0.3) is 0 Å². The first-order valence-corrected chi connectivity index (χ1v) is 7.19. The van der Waals surface area contributed by atoms with Crippen LogP contribution in [0.4, 0.5) is 5.69 Å². The summed E-state index contributed by atoms with van der Waals surface area (Å²) in [5.74, 6) is 0. The maximum absolute atomic E-state index is 11.1. The topological polar surface area (TPSA) is 101 Å². The Labute approximate surface area is 134 Å². The van der Waals surface area contributed by atoms with Crippen molar-refractivity contribution in [1.29, 1.82) is 5.26 Å². The number of rotatable bonds is 7. The van der Waals surface area contributed by atoms with Crippen LogP contribution in [0.3, 0.4) is 0 Å². The fourth-order valence-corrected chi connectivity index (χ4v) is 2.44. The number of aryl methyl sites for hydroxylation is 1. The van der Waals surface area contributed by atoms with Gasteiger partial charge in [-0.2, -0.15) is 10.4 Å². The molecule has 2 rings (SSSR count). The Morgan fingerprint density at radius 2 is 2.26 bits per heavy atom. The van der Waals surface area contributed by atoms with Gasteiger partial charge in [0.2, 0.25) is 0 Å². The summed E-state index contributed by atoms with van der Waals surface area (Å²) in [5, 5.41) is 24.2.